The zero-order valence-corrected chi connectivity index (χ0v) is 15.8. The maximum atomic E-state index is 12.8. The SMILES string of the molecule is CCCn1c(N)c(C(=O)C[NH+](C)Cc2ccccc2C)c(=O)n(C)c1=O. The van der Waals surface area contributed by atoms with Gasteiger partial charge in [-0.25, -0.2) is 4.79 Å². The van der Waals surface area contributed by atoms with Gasteiger partial charge in [0.2, 0.25) is 5.78 Å². The van der Waals surface area contributed by atoms with Gasteiger partial charge in [-0.2, -0.15) is 0 Å². The van der Waals surface area contributed by atoms with Gasteiger partial charge >= 0.3 is 5.69 Å². The highest BCUT2D eigenvalue weighted by Crippen LogP contribution is 2.07. The number of aromatic nitrogens is 2. The zero-order chi connectivity index (χ0) is 19.4. The topological polar surface area (TPSA) is 91.5 Å². The Morgan fingerprint density at radius 2 is 1.88 bits per heavy atom. The first-order chi connectivity index (χ1) is 12.3. The van der Waals surface area contributed by atoms with Gasteiger partial charge in [0.15, 0.2) is 0 Å². The zero-order valence-electron chi connectivity index (χ0n) is 15.8. The predicted octanol–water partition coefficient (Wildman–Crippen LogP) is -0.255. The Hall–Kier alpha value is -2.67. The fourth-order valence-electron chi connectivity index (χ4n) is 3.04. The maximum Gasteiger partial charge on any atom is 0.332 e. The number of nitrogen functional groups attached to an aromatic ring is 1. The summed E-state index contributed by atoms with van der Waals surface area (Å²) in [6.45, 7) is 5.08. The number of ketones is 1. The average Bonchev–Trinajstić information content (AvgIpc) is 2.59. The highest BCUT2D eigenvalue weighted by Gasteiger charge is 2.24. The number of benzene rings is 1. The molecule has 7 nitrogen and oxygen atoms in total. The van der Waals surface area contributed by atoms with Crippen molar-refractivity contribution in [3.63, 3.8) is 0 Å². The summed E-state index contributed by atoms with van der Waals surface area (Å²) in [7, 11) is 3.27. The first kappa shape index (κ1) is 19.7. The summed E-state index contributed by atoms with van der Waals surface area (Å²) in [6, 6.07) is 7.99. The third-order valence-corrected chi connectivity index (χ3v) is 4.53. The Bertz CT molecular complexity index is 927. The quantitative estimate of drug-likeness (QED) is 0.667. The maximum absolute atomic E-state index is 12.8. The van der Waals surface area contributed by atoms with Gasteiger partial charge in [0.1, 0.15) is 24.5 Å². The van der Waals surface area contributed by atoms with Gasteiger partial charge in [-0.05, 0) is 18.9 Å². The van der Waals surface area contributed by atoms with Crippen molar-refractivity contribution in [1.29, 1.82) is 0 Å². The molecule has 0 spiro atoms. The first-order valence-electron chi connectivity index (χ1n) is 8.76. The second-order valence-electron chi connectivity index (χ2n) is 6.72. The Balaban J connectivity index is 2.31. The van der Waals surface area contributed by atoms with Crippen LogP contribution in [-0.2, 0) is 20.1 Å². The van der Waals surface area contributed by atoms with Crippen molar-refractivity contribution in [2.75, 3.05) is 19.3 Å². The largest absolute Gasteiger partial charge is 0.384 e. The standard InChI is InChI=1S/C19H26N4O3/c1-5-10-23-17(20)16(18(25)22(4)19(23)26)15(24)12-21(3)11-14-9-7-6-8-13(14)2/h6-9H,5,10-12,20H2,1-4H3/p+1. The number of hydrogen-bond donors (Lipinski definition) is 2. The van der Waals surface area contributed by atoms with E-state index in [0.717, 1.165) is 20.6 Å². The van der Waals surface area contributed by atoms with E-state index < -0.39 is 11.2 Å². The number of carbonyl (C=O) groups is 1. The number of aryl methyl sites for hydroxylation is 1. The van der Waals surface area contributed by atoms with Gasteiger partial charge < -0.3 is 10.6 Å². The first-order valence-corrected chi connectivity index (χ1v) is 8.76. The number of anilines is 1. The molecule has 3 N–H and O–H groups in total. The molecule has 0 saturated heterocycles. The molecule has 7 heteroatoms. The third-order valence-electron chi connectivity index (χ3n) is 4.53. The Kier molecular flexibility index (Phi) is 6.15. The summed E-state index contributed by atoms with van der Waals surface area (Å²) >= 11 is 0. The van der Waals surface area contributed by atoms with E-state index in [1.54, 1.807) is 0 Å². The van der Waals surface area contributed by atoms with E-state index in [-0.39, 0.29) is 23.7 Å². The number of nitrogens with one attached hydrogen (secondary N) is 1. The van der Waals surface area contributed by atoms with Gasteiger partial charge in [0.05, 0.1) is 7.05 Å². The summed E-state index contributed by atoms with van der Waals surface area (Å²) < 4.78 is 2.25. The highest BCUT2D eigenvalue weighted by molar-refractivity contribution is 6.00. The lowest BCUT2D eigenvalue weighted by Crippen LogP contribution is -3.08. The number of hydrogen-bond acceptors (Lipinski definition) is 4. The Morgan fingerprint density at radius 3 is 2.50 bits per heavy atom. The summed E-state index contributed by atoms with van der Waals surface area (Å²) in [6.07, 6.45) is 0.675. The minimum atomic E-state index is -0.631. The van der Waals surface area contributed by atoms with E-state index >= 15 is 0 Å². The van der Waals surface area contributed by atoms with E-state index in [2.05, 4.69) is 0 Å². The monoisotopic (exact) mass is 359 g/mol. The molecule has 2 aromatic rings. The lowest BCUT2D eigenvalue weighted by atomic mass is 10.1. The molecule has 1 aromatic heterocycles. The van der Waals surface area contributed by atoms with E-state index in [9.17, 15) is 14.4 Å². The molecule has 0 aliphatic heterocycles. The Labute approximate surface area is 152 Å². The summed E-state index contributed by atoms with van der Waals surface area (Å²) in [4.78, 5) is 38.4. The molecule has 26 heavy (non-hydrogen) atoms. The number of quaternary nitrogens is 1. The van der Waals surface area contributed by atoms with Crippen LogP contribution in [0.4, 0.5) is 5.82 Å². The second-order valence-corrected chi connectivity index (χ2v) is 6.72. The molecule has 0 radical (unpaired) electrons. The van der Waals surface area contributed by atoms with Crippen molar-refractivity contribution in [1.82, 2.24) is 9.13 Å². The number of Topliss-reactive ketones (excluding diaryl/α,β-unsaturated/α-hetero) is 1. The fraction of sp³-hybridized carbons (Fsp3) is 0.421. The van der Waals surface area contributed by atoms with Gasteiger partial charge in [0, 0.05) is 19.2 Å². The van der Waals surface area contributed by atoms with Crippen molar-refractivity contribution >= 4 is 11.6 Å². The van der Waals surface area contributed by atoms with Crippen molar-refractivity contribution < 1.29 is 9.69 Å². The van der Waals surface area contributed by atoms with Crippen LogP contribution in [0.15, 0.2) is 33.9 Å². The van der Waals surface area contributed by atoms with E-state index in [4.69, 9.17) is 5.73 Å². The molecule has 0 aliphatic rings. The van der Waals surface area contributed by atoms with Gasteiger partial charge in [-0.3, -0.25) is 18.7 Å². The van der Waals surface area contributed by atoms with Crippen LogP contribution >= 0.6 is 0 Å². The van der Waals surface area contributed by atoms with Crippen molar-refractivity contribution in [3.05, 3.63) is 61.8 Å². The van der Waals surface area contributed by atoms with Crippen LogP contribution in [0.25, 0.3) is 0 Å². The van der Waals surface area contributed by atoms with E-state index in [1.165, 1.54) is 11.6 Å². The summed E-state index contributed by atoms with van der Waals surface area (Å²) in [5.41, 5.74) is 7.10. The fourth-order valence-corrected chi connectivity index (χ4v) is 3.04. The smallest absolute Gasteiger partial charge is 0.332 e. The molecule has 0 bridgehead atoms. The minimum Gasteiger partial charge on any atom is -0.384 e. The van der Waals surface area contributed by atoms with Crippen LogP contribution in [0.3, 0.4) is 0 Å². The van der Waals surface area contributed by atoms with E-state index in [1.807, 2.05) is 45.2 Å². The normalized spacial score (nSPS) is 12.2. The minimum absolute atomic E-state index is 0.0337. The van der Waals surface area contributed by atoms with Crippen LogP contribution in [0, 0.1) is 6.92 Å². The van der Waals surface area contributed by atoms with Gasteiger partial charge in [0.25, 0.3) is 5.56 Å². The molecule has 1 atom stereocenters. The van der Waals surface area contributed by atoms with E-state index in [0.29, 0.717) is 19.5 Å². The average molecular weight is 359 g/mol. The molecule has 0 fully saturated rings. The van der Waals surface area contributed by atoms with Crippen LogP contribution in [0.2, 0.25) is 0 Å². The highest BCUT2D eigenvalue weighted by atomic mass is 16.2. The molecule has 1 aromatic carbocycles. The number of nitrogens with zero attached hydrogens (tertiary/aromatic N) is 2. The number of rotatable bonds is 7. The summed E-state index contributed by atoms with van der Waals surface area (Å²) in [5.74, 6) is -0.382. The predicted molar refractivity (Wildman–Crippen MR) is 102 cm³/mol. The molecular formula is C19H27N4O3+. The van der Waals surface area contributed by atoms with Gasteiger partial charge in [-0.15, -0.1) is 0 Å². The summed E-state index contributed by atoms with van der Waals surface area (Å²) in [5, 5.41) is 0. The molecule has 140 valence electrons. The molecule has 0 aliphatic carbocycles. The van der Waals surface area contributed by atoms with Crippen LogP contribution in [0.1, 0.15) is 34.8 Å². The van der Waals surface area contributed by atoms with Crippen molar-refractivity contribution in [3.8, 4) is 0 Å². The third kappa shape index (κ3) is 3.94. The van der Waals surface area contributed by atoms with Crippen molar-refractivity contribution in [2.45, 2.75) is 33.4 Å². The van der Waals surface area contributed by atoms with Crippen LogP contribution in [-0.4, -0.2) is 28.5 Å². The second kappa shape index (κ2) is 8.14. The molecule has 1 unspecified atom stereocenters. The van der Waals surface area contributed by atoms with Crippen LogP contribution in [0.5, 0.6) is 0 Å². The lowest BCUT2D eigenvalue weighted by molar-refractivity contribution is -0.884. The number of likely N-dealkylation sites (N-methyl/N-ethyl adjacent to an activating group) is 1. The Morgan fingerprint density at radius 1 is 1.23 bits per heavy atom. The molecular weight excluding hydrogens is 332 g/mol. The van der Waals surface area contributed by atoms with Gasteiger partial charge in [-0.1, -0.05) is 31.2 Å². The van der Waals surface area contributed by atoms with Crippen LogP contribution < -0.4 is 21.9 Å². The molecule has 0 amide bonds. The van der Waals surface area contributed by atoms with Crippen molar-refractivity contribution in [2.24, 2.45) is 7.05 Å². The molecule has 2 rings (SSSR count). The molecule has 1 heterocycles. The number of nitrogens with two attached hydrogens (primary N) is 1. The number of carbonyl (C=O) groups excluding carboxylic acids is 1. The lowest BCUT2D eigenvalue weighted by Gasteiger charge is -2.17. The molecule has 0 saturated carbocycles.